The van der Waals surface area contributed by atoms with Crippen LogP contribution < -0.4 is 4.72 Å². The molecule has 3 aromatic heterocycles. The Labute approximate surface area is 133 Å². The summed E-state index contributed by atoms with van der Waals surface area (Å²) in [6, 6.07) is 7.45. The molecule has 8 nitrogen and oxygen atoms in total. The Morgan fingerprint density at radius 2 is 2.04 bits per heavy atom. The molecule has 1 N–H and O–H groups in total. The smallest absolute Gasteiger partial charge is 0.259 e. The normalized spacial score (nSPS) is 11.7. The van der Waals surface area contributed by atoms with E-state index in [9.17, 15) is 8.42 Å². The number of aryl methyl sites for hydroxylation is 1. The molecule has 0 saturated carbocycles. The fourth-order valence-corrected chi connectivity index (χ4v) is 3.03. The second-order valence-corrected chi connectivity index (χ2v) is 6.67. The molecule has 0 fully saturated rings. The van der Waals surface area contributed by atoms with Gasteiger partial charge in [-0.05, 0) is 18.2 Å². The monoisotopic (exact) mass is 332 g/mol. The number of hydrogen-bond donors (Lipinski definition) is 1. The minimum atomic E-state index is -3.59. The third-order valence-electron chi connectivity index (χ3n) is 3.16. The van der Waals surface area contributed by atoms with E-state index in [2.05, 4.69) is 19.8 Å². The molecule has 9 heteroatoms. The lowest BCUT2D eigenvalue weighted by atomic mass is 10.3. The third-order valence-corrected chi connectivity index (χ3v) is 4.50. The van der Waals surface area contributed by atoms with Crippen molar-refractivity contribution in [2.24, 2.45) is 7.05 Å². The van der Waals surface area contributed by atoms with E-state index in [-0.39, 0.29) is 11.6 Å². The van der Waals surface area contributed by atoms with E-state index in [1.54, 1.807) is 28.7 Å². The molecule has 0 bridgehead atoms. The van der Waals surface area contributed by atoms with Gasteiger partial charge in [-0.3, -0.25) is 9.67 Å². The van der Waals surface area contributed by atoms with E-state index in [0.29, 0.717) is 6.54 Å². The van der Waals surface area contributed by atoms with Crippen molar-refractivity contribution >= 4 is 10.0 Å². The van der Waals surface area contributed by atoms with Crippen LogP contribution in [0.2, 0.25) is 0 Å². The van der Waals surface area contributed by atoms with Gasteiger partial charge in [-0.15, -0.1) is 0 Å². The lowest BCUT2D eigenvalue weighted by molar-refractivity contribution is 0.558. The van der Waals surface area contributed by atoms with Gasteiger partial charge in [-0.1, -0.05) is 6.07 Å². The average molecular weight is 332 g/mol. The highest BCUT2D eigenvalue weighted by molar-refractivity contribution is 7.89. The molecule has 0 saturated heterocycles. The van der Waals surface area contributed by atoms with Crippen molar-refractivity contribution in [3.8, 4) is 11.4 Å². The van der Waals surface area contributed by atoms with Crippen molar-refractivity contribution in [3.05, 3.63) is 49.2 Å². The molecule has 0 aromatic carbocycles. The van der Waals surface area contributed by atoms with E-state index in [4.69, 9.17) is 0 Å². The highest BCUT2D eigenvalue weighted by Crippen LogP contribution is 2.12. The van der Waals surface area contributed by atoms with Gasteiger partial charge in [0.1, 0.15) is 5.69 Å². The number of imidazole rings is 1. The maximum Gasteiger partial charge on any atom is 0.259 e. The fraction of sp³-hybridized carbons (Fsp3) is 0.214. The zero-order chi connectivity index (χ0) is 16.3. The molecular weight excluding hydrogens is 316 g/mol. The molecule has 0 spiro atoms. The summed E-state index contributed by atoms with van der Waals surface area (Å²) in [5.41, 5.74) is 1.53. The van der Waals surface area contributed by atoms with Crippen LogP contribution in [0.1, 0.15) is 0 Å². The molecule has 3 rings (SSSR count). The number of aromatic nitrogens is 5. The Kier molecular flexibility index (Phi) is 4.22. The van der Waals surface area contributed by atoms with Gasteiger partial charge in [0.05, 0.1) is 18.6 Å². The number of nitrogens with one attached hydrogen (secondary N) is 1. The molecule has 0 aliphatic rings. The molecule has 0 aliphatic heterocycles. The second-order valence-electron chi connectivity index (χ2n) is 4.95. The van der Waals surface area contributed by atoms with Crippen LogP contribution in [0.25, 0.3) is 11.4 Å². The van der Waals surface area contributed by atoms with Gasteiger partial charge in [0, 0.05) is 32.2 Å². The number of nitrogens with zero attached hydrogens (tertiary/aromatic N) is 5. The molecular formula is C14H16N6O2S. The van der Waals surface area contributed by atoms with Gasteiger partial charge in [-0.25, -0.2) is 18.1 Å². The first-order chi connectivity index (χ1) is 11.0. The summed E-state index contributed by atoms with van der Waals surface area (Å²) in [5.74, 6) is 0. The minimum Gasteiger partial charge on any atom is -0.339 e. The number of hydrogen-bond acceptors (Lipinski definition) is 5. The van der Waals surface area contributed by atoms with E-state index in [1.807, 2.05) is 24.3 Å². The van der Waals surface area contributed by atoms with Crippen LogP contribution in [0.4, 0.5) is 0 Å². The molecule has 3 heterocycles. The Hall–Kier alpha value is -2.52. The predicted molar refractivity (Wildman–Crippen MR) is 83.9 cm³/mol. The van der Waals surface area contributed by atoms with Crippen LogP contribution in [0.15, 0.2) is 54.2 Å². The van der Waals surface area contributed by atoms with Gasteiger partial charge in [-0.2, -0.15) is 5.10 Å². The fourth-order valence-electron chi connectivity index (χ4n) is 2.03. The van der Waals surface area contributed by atoms with Gasteiger partial charge in [0.2, 0.25) is 0 Å². The van der Waals surface area contributed by atoms with Gasteiger partial charge >= 0.3 is 0 Å². The van der Waals surface area contributed by atoms with Crippen LogP contribution in [-0.2, 0) is 23.6 Å². The quantitative estimate of drug-likeness (QED) is 0.715. The number of rotatable bonds is 6. The molecule has 120 valence electrons. The maximum atomic E-state index is 12.0. The molecule has 23 heavy (non-hydrogen) atoms. The first-order valence-corrected chi connectivity index (χ1v) is 8.45. The van der Waals surface area contributed by atoms with Crippen LogP contribution in [0.5, 0.6) is 0 Å². The molecule has 0 unspecified atom stereocenters. The summed E-state index contributed by atoms with van der Waals surface area (Å²) >= 11 is 0. The summed E-state index contributed by atoms with van der Waals surface area (Å²) in [6.07, 6.45) is 6.39. The van der Waals surface area contributed by atoms with Crippen molar-refractivity contribution in [1.29, 1.82) is 0 Å². The summed E-state index contributed by atoms with van der Waals surface area (Å²) in [6.45, 7) is 0.640. The Morgan fingerprint density at radius 3 is 2.74 bits per heavy atom. The van der Waals surface area contributed by atoms with Gasteiger partial charge in [0.25, 0.3) is 10.0 Å². The van der Waals surface area contributed by atoms with E-state index >= 15 is 0 Å². The van der Waals surface area contributed by atoms with E-state index in [0.717, 1.165) is 11.4 Å². The molecule has 0 amide bonds. The second kappa shape index (κ2) is 6.31. The third kappa shape index (κ3) is 3.63. The number of pyridine rings is 1. The Balaban J connectivity index is 1.60. The largest absolute Gasteiger partial charge is 0.339 e. The summed E-state index contributed by atoms with van der Waals surface area (Å²) in [4.78, 5) is 8.06. The topological polar surface area (TPSA) is 94.7 Å². The lowest BCUT2D eigenvalue weighted by Gasteiger charge is -2.04. The summed E-state index contributed by atoms with van der Waals surface area (Å²) in [5, 5.41) is 4.39. The zero-order valence-corrected chi connectivity index (χ0v) is 13.3. The summed E-state index contributed by atoms with van der Waals surface area (Å²) in [7, 11) is -1.87. The first-order valence-electron chi connectivity index (χ1n) is 6.97. The van der Waals surface area contributed by atoms with Crippen LogP contribution in [0.3, 0.4) is 0 Å². The zero-order valence-electron chi connectivity index (χ0n) is 12.5. The highest BCUT2D eigenvalue weighted by atomic mass is 32.2. The Bertz CT molecular complexity index is 885. The predicted octanol–water partition coefficient (Wildman–Crippen LogP) is 0.657. The van der Waals surface area contributed by atoms with Crippen molar-refractivity contribution in [2.45, 2.75) is 11.6 Å². The van der Waals surface area contributed by atoms with E-state index < -0.39 is 10.0 Å². The summed E-state index contributed by atoms with van der Waals surface area (Å²) < 4.78 is 29.8. The van der Waals surface area contributed by atoms with E-state index in [1.165, 1.54) is 12.5 Å². The average Bonchev–Trinajstić information content (AvgIpc) is 3.17. The standard InChI is InChI=1S/C14H16N6O2S/c1-19-10-14(16-11-19)23(21,22)17-7-9-20-8-5-13(18-20)12-4-2-3-6-15-12/h2-6,8,10-11,17H,7,9H2,1H3. The number of sulfonamides is 1. The Morgan fingerprint density at radius 1 is 1.17 bits per heavy atom. The maximum absolute atomic E-state index is 12.0. The minimum absolute atomic E-state index is 0.00893. The van der Waals surface area contributed by atoms with Gasteiger partial charge in [0.15, 0.2) is 5.03 Å². The van der Waals surface area contributed by atoms with Crippen molar-refractivity contribution < 1.29 is 8.42 Å². The highest BCUT2D eigenvalue weighted by Gasteiger charge is 2.16. The molecule has 0 radical (unpaired) electrons. The van der Waals surface area contributed by atoms with Crippen LogP contribution in [-0.4, -0.2) is 39.3 Å². The van der Waals surface area contributed by atoms with Crippen LogP contribution >= 0.6 is 0 Å². The lowest BCUT2D eigenvalue weighted by Crippen LogP contribution is -2.27. The molecule has 0 atom stereocenters. The van der Waals surface area contributed by atoms with Crippen molar-refractivity contribution in [1.82, 2.24) is 29.0 Å². The molecule has 3 aromatic rings. The SMILES string of the molecule is Cn1cnc(S(=O)(=O)NCCn2ccc(-c3ccccn3)n2)c1. The molecule has 0 aliphatic carbocycles. The van der Waals surface area contributed by atoms with Crippen LogP contribution in [0, 0.1) is 0 Å². The van der Waals surface area contributed by atoms with Gasteiger partial charge < -0.3 is 4.57 Å². The van der Waals surface area contributed by atoms with Crippen molar-refractivity contribution in [2.75, 3.05) is 6.54 Å². The first kappa shape index (κ1) is 15.4. The van der Waals surface area contributed by atoms with Crippen molar-refractivity contribution in [3.63, 3.8) is 0 Å².